The van der Waals surface area contributed by atoms with E-state index in [2.05, 4.69) is 15.2 Å². The third-order valence-electron chi connectivity index (χ3n) is 5.09. The second kappa shape index (κ2) is 6.73. The largest absolute Gasteiger partial charge is 0.465 e. The van der Waals surface area contributed by atoms with Crippen molar-refractivity contribution in [2.45, 2.75) is 51.2 Å². The fourth-order valence-corrected chi connectivity index (χ4v) is 3.70. The Morgan fingerprint density at radius 1 is 1.46 bits per heavy atom. The van der Waals surface area contributed by atoms with Gasteiger partial charge in [-0.15, -0.1) is 0 Å². The third-order valence-corrected chi connectivity index (χ3v) is 5.09. The molecule has 144 valence electrons. The Morgan fingerprint density at radius 2 is 2.19 bits per heavy atom. The molecule has 3 heterocycles. The van der Waals surface area contributed by atoms with E-state index < -0.39 is 18.1 Å². The highest BCUT2D eigenvalue weighted by atomic mass is 19.3. The van der Waals surface area contributed by atoms with Gasteiger partial charge in [0.25, 0.3) is 5.92 Å². The van der Waals surface area contributed by atoms with Crippen molar-refractivity contribution in [3.05, 3.63) is 17.0 Å². The number of nitrogens with one attached hydrogen (secondary N) is 1. The van der Waals surface area contributed by atoms with Gasteiger partial charge >= 0.3 is 12.2 Å². The molecule has 1 aromatic rings. The Bertz CT molecular complexity index is 721. The van der Waals surface area contributed by atoms with Crippen LogP contribution in [0.15, 0.2) is 0 Å². The molecule has 2 aliphatic rings. The number of hydrogen-bond donors (Lipinski definition) is 2. The maximum atomic E-state index is 14.8. The molecule has 2 N–H and O–H groups in total. The summed E-state index contributed by atoms with van der Waals surface area (Å²) in [6, 6.07) is -0.315. The molecule has 3 rings (SSSR count). The van der Waals surface area contributed by atoms with Crippen LogP contribution in [0.3, 0.4) is 0 Å². The van der Waals surface area contributed by atoms with Gasteiger partial charge in [-0.25, -0.2) is 9.59 Å². The van der Waals surface area contributed by atoms with E-state index in [0.29, 0.717) is 17.7 Å². The number of nitrogens with zero attached hydrogens (tertiary/aromatic N) is 3. The second-order valence-corrected chi connectivity index (χ2v) is 6.90. The number of aromatic nitrogens is 2. The molecule has 0 saturated carbocycles. The van der Waals surface area contributed by atoms with E-state index in [1.165, 1.54) is 16.7 Å². The van der Waals surface area contributed by atoms with Crippen LogP contribution in [0.5, 0.6) is 0 Å². The predicted molar refractivity (Wildman–Crippen MR) is 86.0 cm³/mol. The fourth-order valence-electron chi connectivity index (χ4n) is 3.70. The van der Waals surface area contributed by atoms with Gasteiger partial charge in [-0.3, -0.25) is 4.68 Å². The number of carbonyl (C=O) groups is 2. The molecule has 0 bridgehead atoms. The zero-order valence-electron chi connectivity index (χ0n) is 14.7. The molecule has 0 saturated heterocycles. The SMILES string of the molecule is COC(=O)NCC1CCC(F)(F)c2c3c(nn2C1)CC(C)N(C(=O)O)C3. The summed E-state index contributed by atoms with van der Waals surface area (Å²) in [7, 11) is 1.24. The number of alkyl halides is 2. The Balaban J connectivity index is 1.90. The molecule has 0 fully saturated rings. The van der Waals surface area contributed by atoms with Crippen LogP contribution >= 0.6 is 0 Å². The maximum absolute atomic E-state index is 14.8. The van der Waals surface area contributed by atoms with Gasteiger partial charge in [0, 0.05) is 37.5 Å². The molecule has 2 atom stereocenters. The zero-order valence-corrected chi connectivity index (χ0v) is 14.7. The van der Waals surface area contributed by atoms with Crippen molar-refractivity contribution < 1.29 is 28.2 Å². The van der Waals surface area contributed by atoms with Gasteiger partial charge < -0.3 is 20.1 Å². The number of alkyl carbamates (subject to hydrolysis) is 1. The van der Waals surface area contributed by atoms with Gasteiger partial charge in [0.15, 0.2) is 0 Å². The number of carboxylic acid groups (broad SMARTS) is 1. The Morgan fingerprint density at radius 3 is 2.85 bits per heavy atom. The minimum atomic E-state index is -3.09. The lowest BCUT2D eigenvalue weighted by Gasteiger charge is -2.31. The normalized spacial score (nSPS) is 24.2. The van der Waals surface area contributed by atoms with E-state index in [0.717, 1.165) is 0 Å². The highest BCUT2D eigenvalue weighted by Crippen LogP contribution is 2.42. The fraction of sp³-hybridized carbons (Fsp3) is 0.688. The van der Waals surface area contributed by atoms with Crippen LogP contribution in [0.4, 0.5) is 18.4 Å². The van der Waals surface area contributed by atoms with Crippen LogP contribution in [0.2, 0.25) is 0 Å². The first kappa shape index (κ1) is 18.4. The Labute approximate surface area is 149 Å². The van der Waals surface area contributed by atoms with Crippen molar-refractivity contribution in [1.82, 2.24) is 20.0 Å². The first-order chi connectivity index (χ1) is 12.2. The van der Waals surface area contributed by atoms with Crippen LogP contribution in [0, 0.1) is 5.92 Å². The average Bonchev–Trinajstić information content (AvgIpc) is 2.87. The van der Waals surface area contributed by atoms with Crippen LogP contribution in [0.25, 0.3) is 0 Å². The number of hydrogen-bond acceptors (Lipinski definition) is 4. The number of halogens is 2. The van der Waals surface area contributed by atoms with E-state index in [-0.39, 0.29) is 50.1 Å². The van der Waals surface area contributed by atoms with Crippen LogP contribution in [0.1, 0.15) is 36.7 Å². The van der Waals surface area contributed by atoms with Gasteiger partial charge in [0.2, 0.25) is 0 Å². The van der Waals surface area contributed by atoms with Crippen LogP contribution < -0.4 is 5.32 Å². The number of ether oxygens (including phenoxy) is 1. The second-order valence-electron chi connectivity index (χ2n) is 6.90. The van der Waals surface area contributed by atoms with E-state index in [1.54, 1.807) is 6.92 Å². The summed E-state index contributed by atoms with van der Waals surface area (Å²) < 4.78 is 35.4. The molecule has 2 unspecified atom stereocenters. The lowest BCUT2D eigenvalue weighted by molar-refractivity contribution is -0.0221. The monoisotopic (exact) mass is 372 g/mol. The molecule has 2 amide bonds. The molecular weight excluding hydrogens is 350 g/mol. The molecule has 0 aliphatic carbocycles. The molecule has 8 nitrogen and oxygen atoms in total. The average molecular weight is 372 g/mol. The highest BCUT2D eigenvalue weighted by Gasteiger charge is 2.44. The number of methoxy groups -OCH3 is 1. The number of fused-ring (bicyclic) bond motifs is 3. The topological polar surface area (TPSA) is 96.7 Å². The standard InChI is InChI=1S/C16H22F2N4O4/c1-9-5-12-11(8-21(9)15(24)25)13-16(17,18)4-3-10(7-22(13)20-12)6-19-14(23)26-2/h9-10H,3-8H2,1-2H3,(H,19,23)(H,24,25). The summed E-state index contributed by atoms with van der Waals surface area (Å²) in [5.41, 5.74) is 0.662. The number of rotatable bonds is 2. The molecular formula is C16H22F2N4O4. The predicted octanol–water partition coefficient (Wildman–Crippen LogP) is 2.17. The quantitative estimate of drug-likeness (QED) is 0.829. The molecule has 2 aliphatic heterocycles. The van der Waals surface area contributed by atoms with Crippen LogP contribution in [-0.4, -0.2) is 51.7 Å². The smallest absolute Gasteiger partial charge is 0.407 e. The van der Waals surface area contributed by atoms with E-state index in [9.17, 15) is 23.5 Å². The summed E-state index contributed by atoms with van der Waals surface area (Å²) in [5, 5.41) is 16.2. The van der Waals surface area contributed by atoms with Crippen molar-refractivity contribution in [1.29, 1.82) is 0 Å². The summed E-state index contributed by atoms with van der Waals surface area (Å²) in [4.78, 5) is 23.8. The van der Waals surface area contributed by atoms with E-state index >= 15 is 0 Å². The molecule has 1 aromatic heterocycles. The molecule has 10 heteroatoms. The minimum Gasteiger partial charge on any atom is -0.465 e. The zero-order chi connectivity index (χ0) is 19.1. The van der Waals surface area contributed by atoms with Crippen LogP contribution in [-0.2, 0) is 30.2 Å². The van der Waals surface area contributed by atoms with Crippen molar-refractivity contribution >= 4 is 12.2 Å². The highest BCUT2D eigenvalue weighted by molar-refractivity contribution is 5.67. The van der Waals surface area contributed by atoms with Crippen molar-refractivity contribution in [2.24, 2.45) is 5.92 Å². The van der Waals surface area contributed by atoms with Crippen molar-refractivity contribution in [2.75, 3.05) is 13.7 Å². The van der Waals surface area contributed by atoms with Gasteiger partial charge in [-0.05, 0) is 19.3 Å². The maximum Gasteiger partial charge on any atom is 0.407 e. The third kappa shape index (κ3) is 3.32. The van der Waals surface area contributed by atoms with Gasteiger partial charge in [0.05, 0.1) is 19.3 Å². The first-order valence-corrected chi connectivity index (χ1v) is 8.51. The number of amides is 2. The van der Waals surface area contributed by atoms with Gasteiger partial charge in [-0.2, -0.15) is 13.9 Å². The van der Waals surface area contributed by atoms with Gasteiger partial charge in [0.1, 0.15) is 5.69 Å². The summed E-state index contributed by atoms with van der Waals surface area (Å²) in [6.45, 7) is 2.11. The molecule has 26 heavy (non-hydrogen) atoms. The van der Waals surface area contributed by atoms with Crippen molar-refractivity contribution in [3.63, 3.8) is 0 Å². The Kier molecular flexibility index (Phi) is 4.76. The van der Waals surface area contributed by atoms with E-state index in [4.69, 9.17) is 0 Å². The van der Waals surface area contributed by atoms with E-state index in [1.807, 2.05) is 0 Å². The molecule has 0 radical (unpaired) electrons. The molecule has 0 aromatic carbocycles. The number of carbonyl (C=O) groups excluding carboxylic acids is 1. The first-order valence-electron chi connectivity index (χ1n) is 8.51. The summed E-state index contributed by atoms with van der Waals surface area (Å²) >= 11 is 0. The molecule has 0 spiro atoms. The lowest BCUT2D eigenvalue weighted by Crippen LogP contribution is -2.42. The van der Waals surface area contributed by atoms with Gasteiger partial charge in [-0.1, -0.05) is 0 Å². The lowest BCUT2D eigenvalue weighted by atomic mass is 9.95. The Hall–Kier alpha value is -2.39. The minimum absolute atomic E-state index is 0.0815. The van der Waals surface area contributed by atoms with Crippen molar-refractivity contribution in [3.8, 4) is 0 Å². The summed E-state index contributed by atoms with van der Waals surface area (Å²) in [6.07, 6.45) is -1.58. The summed E-state index contributed by atoms with van der Waals surface area (Å²) in [5.74, 6) is -3.30.